The van der Waals surface area contributed by atoms with E-state index < -0.39 is 6.29 Å². The number of hydrogen-bond donors (Lipinski definition) is 1. The van der Waals surface area contributed by atoms with Gasteiger partial charge in [0.15, 0.2) is 6.29 Å². The quantitative estimate of drug-likeness (QED) is 0.817. The van der Waals surface area contributed by atoms with Crippen molar-refractivity contribution in [2.75, 3.05) is 14.2 Å². The van der Waals surface area contributed by atoms with Gasteiger partial charge < -0.3 is 15.2 Å². The van der Waals surface area contributed by atoms with E-state index in [0.29, 0.717) is 0 Å². The molecule has 0 aliphatic heterocycles. The lowest BCUT2D eigenvalue weighted by Crippen LogP contribution is -2.29. The number of hydrogen-bond acceptors (Lipinski definition) is 4. The second kappa shape index (κ2) is 5.23. The molecule has 0 aliphatic carbocycles. The summed E-state index contributed by atoms with van der Waals surface area (Å²) in [6, 6.07) is 7.58. The molecule has 2 N–H and O–H groups in total. The highest BCUT2D eigenvalue weighted by Crippen LogP contribution is 2.25. The van der Waals surface area contributed by atoms with Crippen molar-refractivity contribution in [3.8, 4) is 0 Å². The Morgan fingerprint density at radius 3 is 2.65 bits per heavy atom. The summed E-state index contributed by atoms with van der Waals surface area (Å²) in [5.74, 6) is 0. The fourth-order valence-corrected chi connectivity index (χ4v) is 1.97. The number of methoxy groups -OCH3 is 2. The topological polar surface area (TPSA) is 57.4 Å². The first-order valence-corrected chi connectivity index (χ1v) is 5.41. The van der Waals surface area contributed by atoms with E-state index in [-0.39, 0.29) is 6.04 Å². The van der Waals surface area contributed by atoms with Gasteiger partial charge in [0.25, 0.3) is 0 Å². The third-order valence-electron chi connectivity index (χ3n) is 2.83. The summed E-state index contributed by atoms with van der Waals surface area (Å²) in [4.78, 5) is 4.10. The number of benzene rings is 1. The lowest BCUT2D eigenvalue weighted by Gasteiger charge is -2.22. The molecule has 2 rings (SSSR count). The molecule has 2 aromatic rings. The van der Waals surface area contributed by atoms with Crippen molar-refractivity contribution in [1.29, 1.82) is 0 Å². The lowest BCUT2D eigenvalue weighted by atomic mass is 10.0. The molecule has 0 fully saturated rings. The molecule has 0 bridgehead atoms. The van der Waals surface area contributed by atoms with Crippen LogP contribution in [0.1, 0.15) is 11.6 Å². The van der Waals surface area contributed by atoms with Crippen LogP contribution >= 0.6 is 0 Å². The Hall–Kier alpha value is -1.49. The largest absolute Gasteiger partial charge is 0.354 e. The molecular weight excluding hydrogens is 216 g/mol. The monoisotopic (exact) mass is 232 g/mol. The van der Waals surface area contributed by atoms with Gasteiger partial charge in [0.2, 0.25) is 0 Å². The molecule has 1 aromatic heterocycles. The molecule has 17 heavy (non-hydrogen) atoms. The Balaban J connectivity index is 2.47. The fourth-order valence-electron chi connectivity index (χ4n) is 1.97. The van der Waals surface area contributed by atoms with Gasteiger partial charge in [0.1, 0.15) is 0 Å². The van der Waals surface area contributed by atoms with Crippen molar-refractivity contribution in [1.82, 2.24) is 4.98 Å². The molecule has 0 spiro atoms. The summed E-state index contributed by atoms with van der Waals surface area (Å²) in [5.41, 5.74) is 7.15. The molecule has 4 heteroatoms. The predicted molar refractivity (Wildman–Crippen MR) is 66.5 cm³/mol. The molecule has 0 saturated carbocycles. The van der Waals surface area contributed by atoms with Crippen LogP contribution < -0.4 is 5.73 Å². The molecule has 0 radical (unpaired) electrons. The van der Waals surface area contributed by atoms with Crippen molar-refractivity contribution in [2.45, 2.75) is 12.3 Å². The first-order chi connectivity index (χ1) is 8.27. The average Bonchev–Trinajstić information content (AvgIpc) is 2.39. The van der Waals surface area contributed by atoms with E-state index in [1.807, 2.05) is 30.5 Å². The minimum atomic E-state index is -0.450. The zero-order valence-electron chi connectivity index (χ0n) is 9.96. The second-order valence-electron chi connectivity index (χ2n) is 3.81. The highest BCUT2D eigenvalue weighted by Gasteiger charge is 2.20. The Morgan fingerprint density at radius 2 is 1.94 bits per heavy atom. The van der Waals surface area contributed by atoms with Gasteiger partial charge in [-0.3, -0.25) is 4.98 Å². The number of pyridine rings is 1. The van der Waals surface area contributed by atoms with Gasteiger partial charge in [-0.25, -0.2) is 0 Å². The summed E-state index contributed by atoms with van der Waals surface area (Å²) in [6.45, 7) is 0. The number of fused-ring (bicyclic) bond motifs is 1. The predicted octanol–water partition coefficient (Wildman–Crippen LogP) is 1.85. The van der Waals surface area contributed by atoms with Crippen LogP contribution in [0.3, 0.4) is 0 Å². The third-order valence-corrected chi connectivity index (χ3v) is 2.83. The smallest absolute Gasteiger partial charge is 0.176 e. The van der Waals surface area contributed by atoms with Crippen LogP contribution in [-0.2, 0) is 9.47 Å². The van der Waals surface area contributed by atoms with Gasteiger partial charge in [0, 0.05) is 32.0 Å². The molecule has 1 unspecified atom stereocenters. The van der Waals surface area contributed by atoms with Crippen LogP contribution in [0.5, 0.6) is 0 Å². The molecule has 1 heterocycles. The Labute approximate surface area is 100 Å². The summed E-state index contributed by atoms with van der Waals surface area (Å²) >= 11 is 0. The minimum Gasteiger partial charge on any atom is -0.354 e. The van der Waals surface area contributed by atoms with Crippen LogP contribution in [0, 0.1) is 0 Å². The minimum absolute atomic E-state index is 0.323. The molecule has 1 aromatic carbocycles. The maximum Gasteiger partial charge on any atom is 0.176 e. The van der Waals surface area contributed by atoms with E-state index in [2.05, 4.69) is 4.98 Å². The van der Waals surface area contributed by atoms with Crippen molar-refractivity contribution in [3.05, 3.63) is 42.2 Å². The van der Waals surface area contributed by atoms with Crippen LogP contribution in [0.25, 0.3) is 10.8 Å². The third kappa shape index (κ3) is 2.29. The van der Waals surface area contributed by atoms with E-state index in [1.54, 1.807) is 20.4 Å². The number of nitrogens with zero attached hydrogens (tertiary/aromatic N) is 1. The molecule has 0 aliphatic rings. The van der Waals surface area contributed by atoms with E-state index in [4.69, 9.17) is 15.2 Å². The van der Waals surface area contributed by atoms with Crippen molar-refractivity contribution < 1.29 is 9.47 Å². The van der Waals surface area contributed by atoms with Gasteiger partial charge in [-0.15, -0.1) is 0 Å². The van der Waals surface area contributed by atoms with Crippen molar-refractivity contribution in [2.24, 2.45) is 5.73 Å². The van der Waals surface area contributed by atoms with Gasteiger partial charge in [-0.1, -0.05) is 18.2 Å². The molecule has 4 nitrogen and oxygen atoms in total. The summed E-state index contributed by atoms with van der Waals surface area (Å²) in [5, 5.41) is 2.14. The van der Waals surface area contributed by atoms with Crippen LogP contribution in [-0.4, -0.2) is 25.5 Å². The molecule has 1 atom stereocenters. The second-order valence-corrected chi connectivity index (χ2v) is 3.81. The molecule has 0 amide bonds. The Bertz CT molecular complexity index is 492. The van der Waals surface area contributed by atoms with E-state index in [0.717, 1.165) is 16.3 Å². The van der Waals surface area contributed by atoms with E-state index in [1.165, 1.54) is 0 Å². The number of aromatic nitrogens is 1. The van der Waals surface area contributed by atoms with Crippen molar-refractivity contribution in [3.63, 3.8) is 0 Å². The maximum absolute atomic E-state index is 6.16. The summed E-state index contributed by atoms with van der Waals surface area (Å²) in [7, 11) is 3.17. The summed E-state index contributed by atoms with van der Waals surface area (Å²) in [6.07, 6.45) is 3.13. The van der Waals surface area contributed by atoms with Crippen LogP contribution in [0.2, 0.25) is 0 Å². The highest BCUT2D eigenvalue weighted by atomic mass is 16.7. The number of ether oxygens (including phenoxy) is 2. The standard InChI is InChI=1S/C13H16N2O2/c1-16-13(17-2)12(14)11-5-3-4-9-8-15-7-6-10(9)11/h3-8,12-13H,14H2,1-2H3. The Morgan fingerprint density at radius 1 is 1.18 bits per heavy atom. The van der Waals surface area contributed by atoms with Gasteiger partial charge in [-0.2, -0.15) is 0 Å². The fraction of sp³-hybridized carbons (Fsp3) is 0.308. The molecular formula is C13H16N2O2. The van der Waals surface area contributed by atoms with E-state index >= 15 is 0 Å². The van der Waals surface area contributed by atoms with Crippen LogP contribution in [0.4, 0.5) is 0 Å². The maximum atomic E-state index is 6.16. The number of rotatable bonds is 4. The van der Waals surface area contributed by atoms with Crippen molar-refractivity contribution >= 4 is 10.8 Å². The molecule has 0 saturated heterocycles. The summed E-state index contributed by atoms with van der Waals surface area (Å²) < 4.78 is 10.4. The SMILES string of the molecule is COC(OC)C(N)c1cccc2cnccc12. The first kappa shape index (κ1) is 12.0. The van der Waals surface area contributed by atoms with Crippen LogP contribution in [0.15, 0.2) is 36.7 Å². The molecule has 90 valence electrons. The number of nitrogens with two attached hydrogens (primary N) is 1. The van der Waals surface area contributed by atoms with Gasteiger partial charge in [-0.05, 0) is 17.0 Å². The average molecular weight is 232 g/mol. The van der Waals surface area contributed by atoms with Gasteiger partial charge >= 0.3 is 0 Å². The van der Waals surface area contributed by atoms with Gasteiger partial charge in [0.05, 0.1) is 6.04 Å². The van der Waals surface area contributed by atoms with E-state index in [9.17, 15) is 0 Å². The zero-order valence-corrected chi connectivity index (χ0v) is 9.96. The zero-order chi connectivity index (χ0) is 12.3. The Kier molecular flexibility index (Phi) is 3.68. The normalized spacial score (nSPS) is 13.2. The first-order valence-electron chi connectivity index (χ1n) is 5.41. The lowest BCUT2D eigenvalue weighted by molar-refractivity contribution is -0.117. The highest BCUT2D eigenvalue weighted by molar-refractivity contribution is 5.85.